The Morgan fingerprint density at radius 1 is 1.38 bits per heavy atom. The number of likely N-dealkylation sites (N-methyl/N-ethyl adjacent to an activating group) is 1. The van der Waals surface area contributed by atoms with E-state index in [1.807, 2.05) is 0 Å². The molecule has 0 aromatic carbocycles. The van der Waals surface area contributed by atoms with Gasteiger partial charge in [-0.25, -0.2) is 0 Å². The van der Waals surface area contributed by atoms with Gasteiger partial charge in [-0.3, -0.25) is 9.69 Å². The molecular weight excluding hydrogens is 164 g/mol. The fourth-order valence-corrected chi connectivity index (χ4v) is 2.26. The first kappa shape index (κ1) is 8.75. The van der Waals surface area contributed by atoms with Crippen LogP contribution >= 0.6 is 0 Å². The first-order valence-electron chi connectivity index (χ1n) is 4.86. The van der Waals surface area contributed by atoms with Crippen molar-refractivity contribution in [2.75, 3.05) is 13.6 Å². The zero-order chi connectivity index (χ0) is 9.59. The molecule has 2 rings (SSSR count). The van der Waals surface area contributed by atoms with Crippen molar-refractivity contribution in [3.8, 4) is 0 Å². The van der Waals surface area contributed by atoms with Crippen molar-refractivity contribution >= 4 is 5.78 Å². The predicted molar refractivity (Wildman–Crippen MR) is 51.3 cm³/mol. The molecule has 0 saturated heterocycles. The zero-order valence-electron chi connectivity index (χ0n) is 8.42. The third kappa shape index (κ3) is 1.10. The minimum Gasteiger partial charge on any atom is -0.386 e. The van der Waals surface area contributed by atoms with Crippen LogP contribution in [0.15, 0.2) is 11.3 Å². The number of hydrogen-bond acceptors (Lipinski definition) is 3. The van der Waals surface area contributed by atoms with Gasteiger partial charge in [-0.2, -0.15) is 0 Å². The molecule has 2 unspecified atom stereocenters. The zero-order valence-corrected chi connectivity index (χ0v) is 8.42. The maximum atomic E-state index is 11.7. The van der Waals surface area contributed by atoms with Crippen molar-refractivity contribution in [1.82, 2.24) is 10.2 Å². The molecule has 1 N–H and O–H groups in total. The standard InChI is InChI=1S/C10H16N2O/c1-6-9-8(13)4-5-11-10(9)7(2)12(6)3/h6-7,11H,4-5H2,1-3H3. The van der Waals surface area contributed by atoms with Crippen LogP contribution in [-0.4, -0.2) is 36.4 Å². The van der Waals surface area contributed by atoms with Crippen molar-refractivity contribution in [3.63, 3.8) is 0 Å². The van der Waals surface area contributed by atoms with Gasteiger partial charge in [0.05, 0.1) is 0 Å². The number of nitrogens with one attached hydrogen (secondary N) is 1. The molecule has 72 valence electrons. The highest BCUT2D eigenvalue weighted by molar-refractivity contribution is 5.98. The molecule has 0 bridgehead atoms. The molecule has 3 heteroatoms. The Morgan fingerprint density at radius 3 is 2.69 bits per heavy atom. The van der Waals surface area contributed by atoms with Gasteiger partial charge in [0.1, 0.15) is 0 Å². The van der Waals surface area contributed by atoms with E-state index in [0.717, 1.165) is 17.8 Å². The monoisotopic (exact) mass is 180 g/mol. The first-order valence-corrected chi connectivity index (χ1v) is 4.86. The highest BCUT2D eigenvalue weighted by atomic mass is 16.1. The van der Waals surface area contributed by atoms with Gasteiger partial charge >= 0.3 is 0 Å². The van der Waals surface area contributed by atoms with Gasteiger partial charge in [-0.05, 0) is 20.9 Å². The molecule has 2 aliphatic heterocycles. The molecule has 3 nitrogen and oxygen atoms in total. The van der Waals surface area contributed by atoms with E-state index in [-0.39, 0.29) is 6.04 Å². The summed E-state index contributed by atoms with van der Waals surface area (Å²) < 4.78 is 0. The van der Waals surface area contributed by atoms with Crippen molar-refractivity contribution in [1.29, 1.82) is 0 Å². The summed E-state index contributed by atoms with van der Waals surface area (Å²) >= 11 is 0. The largest absolute Gasteiger partial charge is 0.386 e. The Bertz CT molecular complexity index is 283. The first-order chi connectivity index (χ1) is 6.13. The predicted octanol–water partition coefficient (Wildman–Crippen LogP) is 0.525. The lowest BCUT2D eigenvalue weighted by Gasteiger charge is -2.21. The number of Topliss-reactive ketones (excluding diaryl/α,β-unsaturated/α-hetero) is 1. The Kier molecular flexibility index (Phi) is 1.91. The molecule has 0 amide bonds. The number of hydrogen-bond donors (Lipinski definition) is 1. The average Bonchev–Trinajstić information content (AvgIpc) is 2.33. The third-order valence-electron chi connectivity index (χ3n) is 3.32. The van der Waals surface area contributed by atoms with Crippen molar-refractivity contribution < 1.29 is 4.79 Å². The van der Waals surface area contributed by atoms with Gasteiger partial charge in [0.2, 0.25) is 0 Å². The number of ketones is 1. The van der Waals surface area contributed by atoms with Gasteiger partial charge in [0.25, 0.3) is 0 Å². The van der Waals surface area contributed by atoms with Crippen LogP contribution in [-0.2, 0) is 4.79 Å². The summed E-state index contributed by atoms with van der Waals surface area (Å²) in [6.07, 6.45) is 0.656. The van der Waals surface area contributed by atoms with E-state index in [1.54, 1.807) is 0 Å². The van der Waals surface area contributed by atoms with Gasteiger partial charge in [0, 0.05) is 36.3 Å². The number of carbonyl (C=O) groups is 1. The topological polar surface area (TPSA) is 32.3 Å². The molecule has 0 aromatic rings. The Balaban J connectivity index is 2.40. The molecular formula is C10H16N2O. The van der Waals surface area contributed by atoms with Crippen molar-refractivity contribution in [2.45, 2.75) is 32.4 Å². The quantitative estimate of drug-likeness (QED) is 0.590. The molecule has 0 aliphatic carbocycles. The fourth-order valence-electron chi connectivity index (χ4n) is 2.26. The summed E-state index contributed by atoms with van der Waals surface area (Å²) in [4.78, 5) is 13.9. The second kappa shape index (κ2) is 2.84. The number of nitrogens with zero attached hydrogens (tertiary/aromatic N) is 1. The second-order valence-corrected chi connectivity index (χ2v) is 3.94. The van der Waals surface area contributed by atoms with E-state index in [9.17, 15) is 4.79 Å². The molecule has 13 heavy (non-hydrogen) atoms. The lowest BCUT2D eigenvalue weighted by Crippen LogP contribution is -2.33. The maximum Gasteiger partial charge on any atom is 0.163 e. The van der Waals surface area contributed by atoms with Crippen LogP contribution in [0, 0.1) is 0 Å². The van der Waals surface area contributed by atoms with Gasteiger partial charge in [-0.15, -0.1) is 0 Å². The number of rotatable bonds is 0. The highest BCUT2D eigenvalue weighted by Crippen LogP contribution is 2.30. The van der Waals surface area contributed by atoms with E-state index < -0.39 is 0 Å². The van der Waals surface area contributed by atoms with Gasteiger partial charge in [0.15, 0.2) is 5.78 Å². The van der Waals surface area contributed by atoms with Crippen LogP contribution in [0.4, 0.5) is 0 Å². The molecule has 0 radical (unpaired) electrons. The molecule has 2 heterocycles. The normalized spacial score (nSPS) is 34.8. The Morgan fingerprint density at radius 2 is 2.08 bits per heavy atom. The van der Waals surface area contributed by atoms with Crippen LogP contribution in [0.2, 0.25) is 0 Å². The van der Waals surface area contributed by atoms with E-state index >= 15 is 0 Å². The average molecular weight is 180 g/mol. The summed E-state index contributed by atoms with van der Waals surface area (Å²) in [7, 11) is 2.07. The molecule has 0 spiro atoms. The molecule has 0 fully saturated rings. The van der Waals surface area contributed by atoms with Gasteiger partial charge in [-0.1, -0.05) is 0 Å². The van der Waals surface area contributed by atoms with E-state index in [4.69, 9.17) is 0 Å². The molecule has 0 saturated carbocycles. The SMILES string of the molecule is CC1C2=C(C(=O)CCN2)C(C)N1C. The van der Waals surface area contributed by atoms with Crippen LogP contribution in [0.25, 0.3) is 0 Å². The van der Waals surface area contributed by atoms with E-state index in [2.05, 4.69) is 31.1 Å². The second-order valence-electron chi connectivity index (χ2n) is 3.94. The molecule has 2 aliphatic rings. The summed E-state index contributed by atoms with van der Waals surface area (Å²) in [6, 6.07) is 0.652. The molecule has 2 atom stereocenters. The summed E-state index contributed by atoms with van der Waals surface area (Å²) in [6.45, 7) is 5.05. The molecule has 0 aromatic heterocycles. The summed E-state index contributed by atoms with van der Waals surface area (Å²) in [5.41, 5.74) is 2.17. The van der Waals surface area contributed by atoms with Crippen LogP contribution in [0.1, 0.15) is 20.3 Å². The van der Waals surface area contributed by atoms with Crippen LogP contribution in [0.5, 0.6) is 0 Å². The Labute approximate surface area is 78.8 Å². The van der Waals surface area contributed by atoms with Crippen LogP contribution < -0.4 is 5.32 Å². The summed E-state index contributed by atoms with van der Waals surface area (Å²) in [5.74, 6) is 0.331. The van der Waals surface area contributed by atoms with Crippen LogP contribution in [0.3, 0.4) is 0 Å². The number of carbonyl (C=O) groups excluding carboxylic acids is 1. The summed E-state index contributed by atoms with van der Waals surface area (Å²) in [5, 5.41) is 3.34. The van der Waals surface area contributed by atoms with Gasteiger partial charge < -0.3 is 5.32 Å². The smallest absolute Gasteiger partial charge is 0.163 e. The van der Waals surface area contributed by atoms with E-state index in [0.29, 0.717) is 18.2 Å². The maximum absolute atomic E-state index is 11.7. The van der Waals surface area contributed by atoms with E-state index in [1.165, 1.54) is 0 Å². The third-order valence-corrected chi connectivity index (χ3v) is 3.32. The minimum atomic E-state index is 0.283. The lowest BCUT2D eigenvalue weighted by atomic mass is 9.98. The fraction of sp³-hybridized carbons (Fsp3) is 0.700. The van der Waals surface area contributed by atoms with Crippen molar-refractivity contribution in [2.24, 2.45) is 0 Å². The van der Waals surface area contributed by atoms with Crippen molar-refractivity contribution in [3.05, 3.63) is 11.3 Å². The Hall–Kier alpha value is -0.830. The minimum absolute atomic E-state index is 0.283. The lowest BCUT2D eigenvalue weighted by molar-refractivity contribution is -0.116. The highest BCUT2D eigenvalue weighted by Gasteiger charge is 2.37.